The molecular formula is C14H25F3N2. The fourth-order valence-electron chi connectivity index (χ4n) is 2.88. The molecule has 2 rings (SSSR count). The van der Waals surface area contributed by atoms with Gasteiger partial charge in [0.1, 0.15) is 0 Å². The van der Waals surface area contributed by atoms with E-state index in [4.69, 9.17) is 0 Å². The summed E-state index contributed by atoms with van der Waals surface area (Å²) in [5.41, 5.74) is 0. The van der Waals surface area contributed by atoms with E-state index in [-0.39, 0.29) is 12.5 Å². The van der Waals surface area contributed by atoms with Crippen LogP contribution in [0.3, 0.4) is 0 Å². The second kappa shape index (κ2) is 6.44. The van der Waals surface area contributed by atoms with Crippen molar-refractivity contribution >= 4 is 0 Å². The standard InChI is InChI=1S/C14H25F3N2/c1-11(3-2-7-14(15,16)17)18-9-12-6-8-19(10-12)13-4-5-13/h11-13,18H,2-10H2,1H3. The van der Waals surface area contributed by atoms with E-state index < -0.39 is 12.6 Å². The molecule has 1 heterocycles. The molecule has 2 nitrogen and oxygen atoms in total. The summed E-state index contributed by atoms with van der Waals surface area (Å²) in [5.74, 6) is 0.686. The minimum absolute atomic E-state index is 0.192. The maximum absolute atomic E-state index is 12.0. The molecule has 1 aliphatic heterocycles. The predicted octanol–water partition coefficient (Wildman–Crippen LogP) is 3.18. The van der Waals surface area contributed by atoms with Crippen molar-refractivity contribution in [2.45, 2.75) is 63.7 Å². The predicted molar refractivity (Wildman–Crippen MR) is 70.1 cm³/mol. The van der Waals surface area contributed by atoms with E-state index in [0.717, 1.165) is 12.6 Å². The first-order chi connectivity index (χ1) is 8.94. The van der Waals surface area contributed by atoms with Crippen molar-refractivity contribution < 1.29 is 13.2 Å². The summed E-state index contributed by atoms with van der Waals surface area (Å²) in [6.07, 6.45) is 0.129. The molecule has 2 unspecified atom stereocenters. The van der Waals surface area contributed by atoms with Gasteiger partial charge in [0.15, 0.2) is 0 Å². The topological polar surface area (TPSA) is 15.3 Å². The van der Waals surface area contributed by atoms with Crippen LogP contribution in [0.25, 0.3) is 0 Å². The Balaban J connectivity index is 1.52. The highest BCUT2D eigenvalue weighted by atomic mass is 19.4. The minimum atomic E-state index is -4.00. The van der Waals surface area contributed by atoms with E-state index in [1.807, 2.05) is 6.92 Å². The molecule has 0 aromatic heterocycles. The Hall–Kier alpha value is -0.290. The van der Waals surface area contributed by atoms with Gasteiger partial charge in [0.2, 0.25) is 0 Å². The SMILES string of the molecule is CC(CCCC(F)(F)F)NCC1CCN(C2CC2)C1. The molecule has 1 aliphatic carbocycles. The van der Waals surface area contributed by atoms with Gasteiger partial charge >= 0.3 is 6.18 Å². The van der Waals surface area contributed by atoms with Crippen LogP contribution in [-0.4, -0.2) is 42.8 Å². The second-order valence-electron chi connectivity index (χ2n) is 6.20. The van der Waals surface area contributed by atoms with Crippen LogP contribution in [0.15, 0.2) is 0 Å². The molecule has 0 bridgehead atoms. The molecule has 19 heavy (non-hydrogen) atoms. The van der Waals surface area contributed by atoms with Crippen molar-refractivity contribution in [3.05, 3.63) is 0 Å². The molecule has 0 aromatic rings. The lowest BCUT2D eigenvalue weighted by Gasteiger charge is -2.18. The molecule has 1 N–H and O–H groups in total. The molecule has 5 heteroatoms. The maximum Gasteiger partial charge on any atom is 0.389 e. The molecule has 2 fully saturated rings. The molecule has 1 saturated carbocycles. The van der Waals surface area contributed by atoms with Gasteiger partial charge in [-0.3, -0.25) is 0 Å². The van der Waals surface area contributed by atoms with Crippen LogP contribution in [-0.2, 0) is 0 Å². The highest BCUT2D eigenvalue weighted by molar-refractivity contribution is 4.90. The number of nitrogens with one attached hydrogen (secondary N) is 1. The van der Waals surface area contributed by atoms with Crippen LogP contribution in [0.4, 0.5) is 13.2 Å². The van der Waals surface area contributed by atoms with Crippen LogP contribution < -0.4 is 5.32 Å². The largest absolute Gasteiger partial charge is 0.389 e. The quantitative estimate of drug-likeness (QED) is 0.769. The third-order valence-corrected chi connectivity index (χ3v) is 4.23. The summed E-state index contributed by atoms with van der Waals surface area (Å²) in [6, 6.07) is 1.03. The van der Waals surface area contributed by atoms with E-state index in [1.165, 1.54) is 32.4 Å². The molecule has 1 saturated heterocycles. The van der Waals surface area contributed by atoms with Crippen LogP contribution in [0.2, 0.25) is 0 Å². The Labute approximate surface area is 113 Å². The molecule has 0 radical (unpaired) electrons. The fourth-order valence-corrected chi connectivity index (χ4v) is 2.88. The van der Waals surface area contributed by atoms with Crippen LogP contribution in [0.5, 0.6) is 0 Å². The minimum Gasteiger partial charge on any atom is -0.314 e. The number of hydrogen-bond acceptors (Lipinski definition) is 2. The Kier molecular flexibility index (Phi) is 5.12. The first-order valence-corrected chi connectivity index (χ1v) is 7.48. The Morgan fingerprint density at radius 2 is 2.00 bits per heavy atom. The van der Waals surface area contributed by atoms with Crippen molar-refractivity contribution in [2.75, 3.05) is 19.6 Å². The average molecular weight is 278 g/mol. The molecule has 2 aliphatic rings. The molecule has 0 aromatic carbocycles. The lowest BCUT2D eigenvalue weighted by molar-refractivity contribution is -0.135. The third kappa shape index (κ3) is 5.69. The van der Waals surface area contributed by atoms with Gasteiger partial charge in [0.25, 0.3) is 0 Å². The fraction of sp³-hybridized carbons (Fsp3) is 1.00. The van der Waals surface area contributed by atoms with Crippen LogP contribution >= 0.6 is 0 Å². The molecule has 2 atom stereocenters. The molecule has 112 valence electrons. The summed E-state index contributed by atoms with van der Waals surface area (Å²) in [7, 11) is 0. The smallest absolute Gasteiger partial charge is 0.314 e. The Bertz CT molecular complexity index is 276. The molecule has 0 amide bonds. The zero-order chi connectivity index (χ0) is 13.9. The van der Waals surface area contributed by atoms with Crippen molar-refractivity contribution in [1.82, 2.24) is 10.2 Å². The lowest BCUT2D eigenvalue weighted by Crippen LogP contribution is -2.33. The summed E-state index contributed by atoms with van der Waals surface area (Å²) in [6.45, 7) is 5.33. The third-order valence-electron chi connectivity index (χ3n) is 4.23. The summed E-state index contributed by atoms with van der Waals surface area (Å²) >= 11 is 0. The zero-order valence-electron chi connectivity index (χ0n) is 11.7. The number of hydrogen-bond donors (Lipinski definition) is 1. The van der Waals surface area contributed by atoms with E-state index in [0.29, 0.717) is 12.3 Å². The summed E-state index contributed by atoms with van der Waals surface area (Å²) < 4.78 is 36.1. The van der Waals surface area contributed by atoms with Crippen molar-refractivity contribution in [1.29, 1.82) is 0 Å². The molecular weight excluding hydrogens is 253 g/mol. The van der Waals surface area contributed by atoms with Gasteiger partial charge in [-0.1, -0.05) is 0 Å². The van der Waals surface area contributed by atoms with Crippen LogP contribution in [0, 0.1) is 5.92 Å². The second-order valence-corrected chi connectivity index (χ2v) is 6.20. The summed E-state index contributed by atoms with van der Waals surface area (Å²) in [5, 5.41) is 3.40. The lowest BCUT2D eigenvalue weighted by atomic mass is 10.1. The van der Waals surface area contributed by atoms with Crippen molar-refractivity contribution in [3.63, 3.8) is 0 Å². The van der Waals surface area contributed by atoms with Gasteiger partial charge in [-0.2, -0.15) is 13.2 Å². The Morgan fingerprint density at radius 1 is 1.26 bits per heavy atom. The maximum atomic E-state index is 12.0. The van der Waals surface area contributed by atoms with Crippen LogP contribution in [0.1, 0.15) is 45.4 Å². The van der Waals surface area contributed by atoms with Gasteiger partial charge in [-0.25, -0.2) is 0 Å². The number of nitrogens with zero attached hydrogens (tertiary/aromatic N) is 1. The number of rotatable bonds is 7. The van der Waals surface area contributed by atoms with Gasteiger partial charge in [0, 0.05) is 25.0 Å². The Morgan fingerprint density at radius 3 is 2.63 bits per heavy atom. The number of alkyl halides is 3. The molecule has 0 spiro atoms. The van der Waals surface area contributed by atoms with E-state index in [2.05, 4.69) is 10.2 Å². The van der Waals surface area contributed by atoms with Gasteiger partial charge < -0.3 is 10.2 Å². The van der Waals surface area contributed by atoms with E-state index >= 15 is 0 Å². The van der Waals surface area contributed by atoms with Gasteiger partial charge in [-0.05, 0) is 58.0 Å². The number of likely N-dealkylation sites (tertiary alicyclic amines) is 1. The summed E-state index contributed by atoms with van der Waals surface area (Å²) in [4.78, 5) is 2.57. The van der Waals surface area contributed by atoms with Crippen molar-refractivity contribution in [3.8, 4) is 0 Å². The highest BCUT2D eigenvalue weighted by Crippen LogP contribution is 2.31. The van der Waals surface area contributed by atoms with Gasteiger partial charge in [0.05, 0.1) is 0 Å². The first-order valence-electron chi connectivity index (χ1n) is 7.48. The zero-order valence-corrected chi connectivity index (χ0v) is 11.7. The average Bonchev–Trinajstić information content (AvgIpc) is 3.05. The monoisotopic (exact) mass is 278 g/mol. The van der Waals surface area contributed by atoms with Crippen molar-refractivity contribution in [2.24, 2.45) is 5.92 Å². The highest BCUT2D eigenvalue weighted by Gasteiger charge is 2.34. The van der Waals surface area contributed by atoms with Gasteiger partial charge in [-0.15, -0.1) is 0 Å². The normalized spacial score (nSPS) is 26.8. The number of halogens is 3. The van der Waals surface area contributed by atoms with E-state index in [9.17, 15) is 13.2 Å². The van der Waals surface area contributed by atoms with E-state index in [1.54, 1.807) is 0 Å². The first kappa shape index (κ1) is 15.1.